The van der Waals surface area contributed by atoms with Crippen LogP contribution in [-0.4, -0.2) is 77.3 Å². The van der Waals surface area contributed by atoms with Crippen molar-refractivity contribution in [3.8, 4) is 0 Å². The van der Waals surface area contributed by atoms with Gasteiger partial charge in [-0.3, -0.25) is 24.2 Å². The fraction of sp³-hybridized carbons (Fsp3) is 0.400. The largest absolute Gasteiger partial charge is 0.379 e. The third-order valence-electron chi connectivity index (χ3n) is 5.06. The molecule has 0 saturated carbocycles. The van der Waals surface area contributed by atoms with E-state index in [-0.39, 0.29) is 12.5 Å². The Kier molecular flexibility index (Phi) is 5.70. The Labute approximate surface area is 172 Å². The number of amides is 3. The number of hydrogen-bond donors (Lipinski definition) is 0. The molecule has 2 aromatic rings. The quantitative estimate of drug-likeness (QED) is 0.662. The zero-order valence-electron chi connectivity index (χ0n) is 16.2. The molecule has 1 fully saturated rings. The van der Waals surface area contributed by atoms with Crippen molar-refractivity contribution in [3.63, 3.8) is 0 Å². The van der Waals surface area contributed by atoms with E-state index < -0.39 is 11.8 Å². The summed E-state index contributed by atoms with van der Waals surface area (Å²) in [6, 6.07) is 6.63. The molecule has 0 N–H and O–H groups in total. The summed E-state index contributed by atoms with van der Waals surface area (Å²) in [5, 5.41) is 2.95. The highest BCUT2D eigenvalue weighted by atomic mass is 32.1. The molecule has 4 rings (SSSR count). The molecule has 0 aliphatic carbocycles. The second-order valence-electron chi connectivity index (χ2n) is 7.11. The zero-order chi connectivity index (χ0) is 20.4. The number of thiazole rings is 1. The SMILES string of the molecule is CN(Cc1csc(CN2CCOCC2)n1)C(=O)CN1C(=O)c2ccccc2C1=O. The number of benzene rings is 1. The van der Waals surface area contributed by atoms with Gasteiger partial charge in [0, 0.05) is 25.5 Å². The third-order valence-corrected chi connectivity index (χ3v) is 5.94. The van der Waals surface area contributed by atoms with Gasteiger partial charge < -0.3 is 9.64 Å². The summed E-state index contributed by atoms with van der Waals surface area (Å²) >= 11 is 1.57. The van der Waals surface area contributed by atoms with Gasteiger partial charge in [-0.15, -0.1) is 11.3 Å². The van der Waals surface area contributed by atoms with Crippen LogP contribution in [0, 0.1) is 0 Å². The maximum Gasteiger partial charge on any atom is 0.262 e. The smallest absolute Gasteiger partial charge is 0.262 e. The van der Waals surface area contributed by atoms with E-state index in [2.05, 4.69) is 9.88 Å². The molecule has 0 unspecified atom stereocenters. The lowest BCUT2D eigenvalue weighted by Gasteiger charge is -2.25. The van der Waals surface area contributed by atoms with Crippen LogP contribution >= 0.6 is 11.3 Å². The first kappa shape index (κ1) is 19.7. The van der Waals surface area contributed by atoms with Crippen LogP contribution in [0.25, 0.3) is 0 Å². The van der Waals surface area contributed by atoms with Crippen molar-refractivity contribution in [3.05, 3.63) is 51.5 Å². The van der Waals surface area contributed by atoms with E-state index in [9.17, 15) is 14.4 Å². The third kappa shape index (κ3) is 4.21. The van der Waals surface area contributed by atoms with Crippen molar-refractivity contribution >= 4 is 29.1 Å². The van der Waals surface area contributed by atoms with Gasteiger partial charge in [-0.25, -0.2) is 4.98 Å². The van der Waals surface area contributed by atoms with Crippen molar-refractivity contribution < 1.29 is 19.1 Å². The number of imide groups is 1. The molecular formula is C20H22N4O4S. The Hall–Kier alpha value is -2.62. The summed E-state index contributed by atoms with van der Waals surface area (Å²) in [6.45, 7) is 4.12. The van der Waals surface area contributed by atoms with Crippen LogP contribution in [0.15, 0.2) is 29.6 Å². The number of aromatic nitrogens is 1. The molecule has 0 spiro atoms. The Morgan fingerprint density at radius 2 is 1.83 bits per heavy atom. The molecule has 0 radical (unpaired) electrons. The summed E-state index contributed by atoms with van der Waals surface area (Å²) in [7, 11) is 1.65. The Balaban J connectivity index is 1.33. The minimum Gasteiger partial charge on any atom is -0.379 e. The van der Waals surface area contributed by atoms with Crippen molar-refractivity contribution in [2.45, 2.75) is 13.1 Å². The second-order valence-corrected chi connectivity index (χ2v) is 8.06. The number of rotatable bonds is 6. The first-order valence-corrected chi connectivity index (χ1v) is 10.3. The van der Waals surface area contributed by atoms with Crippen LogP contribution < -0.4 is 0 Å². The molecule has 9 heteroatoms. The van der Waals surface area contributed by atoms with Crippen LogP contribution in [0.1, 0.15) is 31.4 Å². The first-order chi connectivity index (χ1) is 14.0. The lowest BCUT2D eigenvalue weighted by Crippen LogP contribution is -2.41. The summed E-state index contributed by atoms with van der Waals surface area (Å²) in [6.07, 6.45) is 0. The predicted molar refractivity (Wildman–Crippen MR) is 106 cm³/mol. The number of hydrogen-bond acceptors (Lipinski definition) is 7. The highest BCUT2D eigenvalue weighted by Gasteiger charge is 2.36. The average molecular weight is 414 g/mol. The van der Waals surface area contributed by atoms with E-state index in [4.69, 9.17) is 4.74 Å². The second kappa shape index (κ2) is 8.40. The zero-order valence-corrected chi connectivity index (χ0v) is 17.0. The number of fused-ring (bicyclic) bond motifs is 1. The van der Waals surface area contributed by atoms with Gasteiger partial charge in [-0.2, -0.15) is 0 Å². The monoisotopic (exact) mass is 414 g/mol. The average Bonchev–Trinajstić information content (AvgIpc) is 3.26. The van der Waals surface area contributed by atoms with Crippen LogP contribution in [-0.2, 0) is 22.6 Å². The summed E-state index contributed by atoms with van der Waals surface area (Å²) in [5.41, 5.74) is 1.50. The molecule has 1 aromatic heterocycles. The minimum atomic E-state index is -0.422. The molecule has 0 atom stereocenters. The molecule has 8 nitrogen and oxygen atoms in total. The van der Waals surface area contributed by atoms with E-state index in [0.717, 1.165) is 48.4 Å². The molecule has 2 aliphatic heterocycles. The maximum atomic E-state index is 12.6. The standard InChI is InChI=1S/C20H22N4O4S/c1-22(10-14-13-29-17(21-14)11-23-6-8-28-9-7-23)18(25)12-24-19(26)15-4-2-3-5-16(15)20(24)27/h2-5,13H,6-12H2,1H3. The molecule has 1 saturated heterocycles. The fourth-order valence-corrected chi connectivity index (χ4v) is 4.24. The van der Waals surface area contributed by atoms with Gasteiger partial charge in [0.05, 0.1) is 43.1 Å². The maximum absolute atomic E-state index is 12.6. The lowest BCUT2D eigenvalue weighted by molar-refractivity contribution is -0.130. The van der Waals surface area contributed by atoms with Crippen LogP contribution in [0.3, 0.4) is 0 Å². The van der Waals surface area contributed by atoms with E-state index in [1.165, 1.54) is 4.90 Å². The van der Waals surface area contributed by atoms with Crippen molar-refractivity contribution in [1.29, 1.82) is 0 Å². The van der Waals surface area contributed by atoms with Gasteiger partial charge in [0.1, 0.15) is 11.6 Å². The van der Waals surface area contributed by atoms with E-state index >= 15 is 0 Å². The molecular weight excluding hydrogens is 392 g/mol. The normalized spacial score (nSPS) is 16.9. The molecule has 29 heavy (non-hydrogen) atoms. The van der Waals surface area contributed by atoms with Crippen LogP contribution in [0.5, 0.6) is 0 Å². The number of nitrogens with zero attached hydrogens (tertiary/aromatic N) is 4. The fourth-order valence-electron chi connectivity index (χ4n) is 3.41. The molecule has 0 bridgehead atoms. The summed E-state index contributed by atoms with van der Waals surface area (Å²) in [4.78, 5) is 46.9. The summed E-state index contributed by atoms with van der Waals surface area (Å²) in [5.74, 6) is -1.15. The number of likely N-dealkylation sites (N-methyl/N-ethyl adjacent to an activating group) is 1. The van der Waals surface area contributed by atoms with Gasteiger partial charge in [0.25, 0.3) is 11.8 Å². The number of carbonyl (C=O) groups is 3. The van der Waals surface area contributed by atoms with Crippen molar-refractivity contribution in [2.24, 2.45) is 0 Å². The highest BCUT2D eigenvalue weighted by Crippen LogP contribution is 2.22. The molecule has 3 amide bonds. The summed E-state index contributed by atoms with van der Waals surface area (Å²) < 4.78 is 5.36. The van der Waals surface area contributed by atoms with E-state index in [1.54, 1.807) is 42.6 Å². The Morgan fingerprint density at radius 3 is 2.48 bits per heavy atom. The molecule has 2 aliphatic rings. The minimum absolute atomic E-state index is 0.270. The van der Waals surface area contributed by atoms with Crippen LogP contribution in [0.4, 0.5) is 0 Å². The topological polar surface area (TPSA) is 83.1 Å². The Bertz CT molecular complexity index is 903. The van der Waals surface area contributed by atoms with Crippen molar-refractivity contribution in [1.82, 2.24) is 19.7 Å². The van der Waals surface area contributed by atoms with Crippen molar-refractivity contribution in [2.75, 3.05) is 39.9 Å². The number of carbonyl (C=O) groups excluding carboxylic acids is 3. The van der Waals surface area contributed by atoms with Gasteiger partial charge in [0.15, 0.2) is 0 Å². The Morgan fingerprint density at radius 1 is 1.17 bits per heavy atom. The van der Waals surface area contributed by atoms with Gasteiger partial charge in [-0.1, -0.05) is 12.1 Å². The van der Waals surface area contributed by atoms with E-state index in [0.29, 0.717) is 17.7 Å². The number of ether oxygens (including phenoxy) is 1. The van der Waals surface area contributed by atoms with E-state index in [1.807, 2.05) is 5.38 Å². The molecule has 152 valence electrons. The van der Waals surface area contributed by atoms with Crippen LogP contribution in [0.2, 0.25) is 0 Å². The number of morpholine rings is 1. The lowest BCUT2D eigenvalue weighted by atomic mass is 10.1. The first-order valence-electron chi connectivity index (χ1n) is 9.45. The van der Waals surface area contributed by atoms with Gasteiger partial charge >= 0.3 is 0 Å². The highest BCUT2D eigenvalue weighted by molar-refractivity contribution is 7.09. The molecule has 1 aromatic carbocycles. The molecule has 3 heterocycles. The van der Waals surface area contributed by atoms with Gasteiger partial charge in [0.2, 0.25) is 5.91 Å². The van der Waals surface area contributed by atoms with Gasteiger partial charge in [-0.05, 0) is 12.1 Å². The predicted octanol–water partition coefficient (Wildman–Crippen LogP) is 1.23.